The first-order valence-corrected chi connectivity index (χ1v) is 11.4. The summed E-state index contributed by atoms with van der Waals surface area (Å²) in [5, 5.41) is 17.9. The SMILES string of the molecule is CP(C)(=O)c1c(CCC(=O)O)c2cc3[nH]ncc3cc2n1-c1ccc(F)cc1. The standard InChI is InChI=1S/C20H19FN3O3P/c1-28(2,27)20-15(7-8-19(25)26)16-10-17-12(11-22-23-17)9-18(16)24(20)14-5-3-13(21)4-6-14/h3-6,9-11H,7-8H2,1-2H3,(H,22,23)(H,25,26). The fraction of sp³-hybridized carbons (Fsp3) is 0.200. The van der Waals surface area contributed by atoms with E-state index in [0.717, 1.165) is 27.4 Å². The maximum Gasteiger partial charge on any atom is 0.303 e. The topological polar surface area (TPSA) is 88.0 Å². The molecule has 0 aliphatic rings. The van der Waals surface area contributed by atoms with Crippen LogP contribution in [0, 0.1) is 5.82 Å². The van der Waals surface area contributed by atoms with Crippen molar-refractivity contribution >= 4 is 40.4 Å². The molecule has 0 fully saturated rings. The molecule has 0 saturated heterocycles. The minimum Gasteiger partial charge on any atom is -0.481 e. The Bertz CT molecular complexity index is 1250. The van der Waals surface area contributed by atoms with Crippen LogP contribution in [0.5, 0.6) is 0 Å². The number of halogens is 1. The maximum atomic E-state index is 13.5. The average Bonchev–Trinajstić information content (AvgIpc) is 3.20. The molecule has 0 bridgehead atoms. The van der Waals surface area contributed by atoms with Crippen molar-refractivity contribution in [3.8, 4) is 5.69 Å². The Morgan fingerprint density at radius 2 is 1.96 bits per heavy atom. The van der Waals surface area contributed by atoms with Crippen LogP contribution in [-0.2, 0) is 15.8 Å². The molecule has 144 valence electrons. The second-order valence-electron chi connectivity index (χ2n) is 7.19. The lowest BCUT2D eigenvalue weighted by Crippen LogP contribution is -2.19. The van der Waals surface area contributed by atoms with Crippen LogP contribution in [0.1, 0.15) is 12.0 Å². The van der Waals surface area contributed by atoms with Gasteiger partial charge in [-0.2, -0.15) is 5.10 Å². The number of aryl methyl sites for hydroxylation is 1. The van der Waals surface area contributed by atoms with Gasteiger partial charge in [0.25, 0.3) is 0 Å². The summed E-state index contributed by atoms with van der Waals surface area (Å²) >= 11 is 0. The van der Waals surface area contributed by atoms with E-state index in [-0.39, 0.29) is 18.7 Å². The van der Waals surface area contributed by atoms with Gasteiger partial charge in [-0.05, 0) is 61.7 Å². The molecule has 4 rings (SSSR count). The Kier molecular flexibility index (Phi) is 4.35. The number of nitrogens with one attached hydrogen (secondary N) is 1. The molecule has 4 aromatic rings. The summed E-state index contributed by atoms with van der Waals surface area (Å²) in [6.07, 6.45) is 1.88. The second-order valence-corrected chi connectivity index (χ2v) is 10.3. The number of carboxylic acids is 1. The first kappa shape index (κ1) is 18.4. The highest BCUT2D eigenvalue weighted by Crippen LogP contribution is 2.42. The molecule has 6 nitrogen and oxygen atoms in total. The zero-order chi connectivity index (χ0) is 20.1. The highest BCUT2D eigenvalue weighted by atomic mass is 31.2. The molecule has 0 amide bonds. The molecule has 0 radical (unpaired) electrons. The normalized spacial score (nSPS) is 12.1. The summed E-state index contributed by atoms with van der Waals surface area (Å²) in [5.41, 5.74) is 3.62. The van der Waals surface area contributed by atoms with Gasteiger partial charge in [0.2, 0.25) is 0 Å². The van der Waals surface area contributed by atoms with Gasteiger partial charge in [0.05, 0.1) is 22.7 Å². The summed E-state index contributed by atoms with van der Waals surface area (Å²) in [4.78, 5) is 11.2. The molecular weight excluding hydrogens is 380 g/mol. The van der Waals surface area contributed by atoms with E-state index >= 15 is 0 Å². The lowest BCUT2D eigenvalue weighted by Gasteiger charge is -2.16. The molecule has 2 aromatic heterocycles. The van der Waals surface area contributed by atoms with E-state index in [1.807, 2.05) is 16.7 Å². The number of nitrogens with zero attached hydrogens (tertiary/aromatic N) is 2. The van der Waals surface area contributed by atoms with Crippen molar-refractivity contribution < 1.29 is 18.9 Å². The van der Waals surface area contributed by atoms with E-state index < -0.39 is 13.1 Å². The minimum absolute atomic E-state index is 0.0729. The molecule has 0 aliphatic carbocycles. The van der Waals surface area contributed by atoms with E-state index in [1.54, 1.807) is 31.7 Å². The van der Waals surface area contributed by atoms with Crippen molar-refractivity contribution in [1.29, 1.82) is 0 Å². The summed E-state index contributed by atoms with van der Waals surface area (Å²) in [6, 6.07) is 9.82. The number of hydrogen-bond donors (Lipinski definition) is 2. The van der Waals surface area contributed by atoms with Gasteiger partial charge in [-0.25, -0.2) is 4.39 Å². The molecule has 0 saturated carbocycles. The van der Waals surface area contributed by atoms with Gasteiger partial charge in [0.1, 0.15) is 13.0 Å². The summed E-state index contributed by atoms with van der Waals surface area (Å²) < 4.78 is 28.6. The number of fused-ring (bicyclic) bond motifs is 2. The number of carboxylic acid groups (broad SMARTS) is 1. The predicted molar refractivity (Wildman–Crippen MR) is 108 cm³/mol. The number of rotatable bonds is 5. The van der Waals surface area contributed by atoms with Crippen LogP contribution in [-0.4, -0.2) is 39.2 Å². The quantitative estimate of drug-likeness (QED) is 0.498. The molecule has 0 spiro atoms. The fourth-order valence-corrected chi connectivity index (χ4v) is 5.26. The predicted octanol–water partition coefficient (Wildman–Crippen LogP) is 3.91. The third kappa shape index (κ3) is 3.12. The first-order chi connectivity index (χ1) is 13.3. The van der Waals surface area contributed by atoms with E-state index in [2.05, 4.69) is 10.2 Å². The Balaban J connectivity index is 2.13. The number of carbonyl (C=O) groups is 1. The lowest BCUT2D eigenvalue weighted by molar-refractivity contribution is -0.136. The van der Waals surface area contributed by atoms with E-state index in [9.17, 15) is 18.9 Å². The highest BCUT2D eigenvalue weighted by Gasteiger charge is 2.27. The van der Waals surface area contributed by atoms with Gasteiger partial charge in [0, 0.05) is 22.9 Å². The zero-order valence-corrected chi connectivity index (χ0v) is 16.3. The van der Waals surface area contributed by atoms with Crippen LogP contribution >= 0.6 is 7.14 Å². The van der Waals surface area contributed by atoms with Crippen LogP contribution in [0.4, 0.5) is 4.39 Å². The van der Waals surface area contributed by atoms with Gasteiger partial charge < -0.3 is 14.2 Å². The molecule has 0 unspecified atom stereocenters. The molecular formula is C20H19FN3O3P. The van der Waals surface area contributed by atoms with E-state index in [4.69, 9.17) is 0 Å². The number of aromatic amines is 1. The van der Waals surface area contributed by atoms with Gasteiger partial charge in [0.15, 0.2) is 0 Å². The first-order valence-electron chi connectivity index (χ1n) is 8.79. The van der Waals surface area contributed by atoms with Crippen LogP contribution in [0.3, 0.4) is 0 Å². The number of aromatic nitrogens is 3. The molecule has 8 heteroatoms. The maximum absolute atomic E-state index is 13.5. The molecule has 2 heterocycles. The monoisotopic (exact) mass is 399 g/mol. The second kappa shape index (κ2) is 6.60. The van der Waals surface area contributed by atoms with Crippen LogP contribution in [0.15, 0.2) is 42.6 Å². The third-order valence-corrected chi connectivity index (χ3v) is 6.28. The lowest BCUT2D eigenvalue weighted by atomic mass is 10.1. The van der Waals surface area contributed by atoms with Crippen molar-refractivity contribution in [1.82, 2.24) is 14.8 Å². The molecule has 0 atom stereocenters. The zero-order valence-electron chi connectivity index (χ0n) is 15.4. The smallest absolute Gasteiger partial charge is 0.303 e. The van der Waals surface area contributed by atoms with Gasteiger partial charge in [-0.1, -0.05) is 0 Å². The summed E-state index contributed by atoms with van der Waals surface area (Å²) in [7, 11) is -2.80. The number of hydrogen-bond acceptors (Lipinski definition) is 3. The summed E-state index contributed by atoms with van der Waals surface area (Å²) in [5.74, 6) is -1.28. The van der Waals surface area contributed by atoms with Crippen molar-refractivity contribution in [3.63, 3.8) is 0 Å². The Morgan fingerprint density at radius 1 is 1.25 bits per heavy atom. The Morgan fingerprint density at radius 3 is 2.61 bits per heavy atom. The number of H-pyrrole nitrogens is 1. The molecule has 2 aromatic carbocycles. The largest absolute Gasteiger partial charge is 0.481 e. The highest BCUT2D eigenvalue weighted by molar-refractivity contribution is 7.70. The summed E-state index contributed by atoms with van der Waals surface area (Å²) in [6.45, 7) is 3.33. The Labute approximate surface area is 160 Å². The number of aliphatic carboxylic acids is 1. The minimum atomic E-state index is -2.80. The third-order valence-electron chi connectivity index (χ3n) is 4.79. The van der Waals surface area contributed by atoms with E-state index in [1.165, 1.54) is 12.1 Å². The Hall–Kier alpha value is -2.92. The molecule has 0 aliphatic heterocycles. The van der Waals surface area contributed by atoms with Gasteiger partial charge >= 0.3 is 5.97 Å². The van der Waals surface area contributed by atoms with Gasteiger partial charge in [-0.3, -0.25) is 9.89 Å². The van der Waals surface area contributed by atoms with E-state index in [0.29, 0.717) is 11.1 Å². The molecule has 28 heavy (non-hydrogen) atoms. The van der Waals surface area contributed by atoms with Crippen molar-refractivity contribution in [2.45, 2.75) is 12.8 Å². The van der Waals surface area contributed by atoms with Crippen LogP contribution in [0.25, 0.3) is 27.5 Å². The van der Waals surface area contributed by atoms with Crippen molar-refractivity contribution in [3.05, 3.63) is 54.0 Å². The molecule has 2 N–H and O–H groups in total. The van der Waals surface area contributed by atoms with Gasteiger partial charge in [-0.15, -0.1) is 0 Å². The van der Waals surface area contributed by atoms with Crippen molar-refractivity contribution in [2.24, 2.45) is 0 Å². The fourth-order valence-electron chi connectivity index (χ4n) is 3.67. The average molecular weight is 399 g/mol. The van der Waals surface area contributed by atoms with Crippen LogP contribution in [0.2, 0.25) is 0 Å². The van der Waals surface area contributed by atoms with Crippen molar-refractivity contribution in [2.75, 3.05) is 13.3 Å². The van der Waals surface area contributed by atoms with Crippen LogP contribution < -0.4 is 5.44 Å². The number of benzene rings is 2.